The standard InChI is InChI=1S/C22H36O16/c1-6-9(23)11(25)17(18(28)33-6)37-19-12(26)15(10(24)7(2)34-19)36-20-13(27)16(31-4)14-8(35-20)5-32-22(3,38-14)21(29)30/h6-20,23-28H,5H2,1-4H3,(H,29,30)/t6-,7-,8+,9+,10-,11+,12+,13+,14+,15+,16+,17+,18+,19-,20-,22+/m0/s1. The van der Waals surface area contributed by atoms with E-state index in [-0.39, 0.29) is 6.61 Å². The third-order valence-electron chi connectivity index (χ3n) is 7.33. The van der Waals surface area contributed by atoms with Gasteiger partial charge in [-0.05, 0) is 13.8 Å². The van der Waals surface area contributed by atoms with E-state index < -0.39 is 104 Å². The predicted molar refractivity (Wildman–Crippen MR) is 117 cm³/mol. The highest BCUT2D eigenvalue weighted by molar-refractivity contribution is 5.75. The molecule has 4 saturated heterocycles. The lowest BCUT2D eigenvalue weighted by Crippen LogP contribution is -2.68. The van der Waals surface area contributed by atoms with E-state index in [1.54, 1.807) is 0 Å². The van der Waals surface area contributed by atoms with Crippen molar-refractivity contribution in [1.29, 1.82) is 0 Å². The van der Waals surface area contributed by atoms with Crippen LogP contribution in [0, 0.1) is 0 Å². The van der Waals surface area contributed by atoms with E-state index in [9.17, 15) is 40.5 Å². The molecule has 220 valence electrons. The van der Waals surface area contributed by atoms with Crippen molar-refractivity contribution >= 4 is 5.97 Å². The van der Waals surface area contributed by atoms with E-state index in [2.05, 4.69) is 0 Å². The van der Waals surface area contributed by atoms with Crippen molar-refractivity contribution in [2.75, 3.05) is 13.7 Å². The van der Waals surface area contributed by atoms with Gasteiger partial charge >= 0.3 is 5.97 Å². The van der Waals surface area contributed by atoms with Crippen LogP contribution in [0.4, 0.5) is 0 Å². The summed E-state index contributed by atoms with van der Waals surface area (Å²) >= 11 is 0. The molecule has 0 amide bonds. The van der Waals surface area contributed by atoms with Crippen LogP contribution in [0.2, 0.25) is 0 Å². The second kappa shape index (κ2) is 11.4. The van der Waals surface area contributed by atoms with Gasteiger partial charge in [0.05, 0.1) is 18.8 Å². The van der Waals surface area contributed by atoms with Crippen LogP contribution in [0.3, 0.4) is 0 Å². The highest BCUT2D eigenvalue weighted by Crippen LogP contribution is 2.36. The molecule has 16 heteroatoms. The first-order valence-corrected chi connectivity index (χ1v) is 12.2. The van der Waals surface area contributed by atoms with Crippen LogP contribution < -0.4 is 0 Å². The van der Waals surface area contributed by atoms with Crippen LogP contribution in [-0.4, -0.2) is 153 Å². The van der Waals surface area contributed by atoms with Gasteiger partial charge in [0.1, 0.15) is 61.0 Å². The van der Waals surface area contributed by atoms with Crippen molar-refractivity contribution in [3.05, 3.63) is 0 Å². The second-order valence-corrected chi connectivity index (χ2v) is 9.98. The highest BCUT2D eigenvalue weighted by Gasteiger charge is 2.57. The van der Waals surface area contributed by atoms with Crippen molar-refractivity contribution < 1.29 is 78.4 Å². The maximum Gasteiger partial charge on any atom is 0.364 e. The van der Waals surface area contributed by atoms with Gasteiger partial charge in [-0.3, -0.25) is 0 Å². The number of carboxylic acids is 1. The van der Waals surface area contributed by atoms with Crippen molar-refractivity contribution in [2.45, 2.75) is 119 Å². The van der Waals surface area contributed by atoms with Crippen LogP contribution in [0.25, 0.3) is 0 Å². The molecule has 4 fully saturated rings. The molecule has 38 heavy (non-hydrogen) atoms. The minimum atomic E-state index is -1.99. The lowest BCUT2D eigenvalue weighted by molar-refractivity contribution is -0.402. The number of hydrogen-bond donors (Lipinski definition) is 7. The number of ether oxygens (including phenoxy) is 8. The van der Waals surface area contributed by atoms with Crippen molar-refractivity contribution in [1.82, 2.24) is 0 Å². The van der Waals surface area contributed by atoms with Gasteiger partial charge in [-0.1, -0.05) is 0 Å². The predicted octanol–water partition coefficient (Wildman–Crippen LogP) is -4.00. The summed E-state index contributed by atoms with van der Waals surface area (Å²) < 4.78 is 43.9. The van der Waals surface area contributed by atoms with Crippen LogP contribution in [-0.2, 0) is 42.7 Å². The Kier molecular flexibility index (Phi) is 8.98. The average Bonchev–Trinajstić information content (AvgIpc) is 2.86. The molecule has 4 aliphatic heterocycles. The fourth-order valence-corrected chi connectivity index (χ4v) is 4.95. The van der Waals surface area contributed by atoms with Gasteiger partial charge < -0.3 is 73.6 Å². The minimum absolute atomic E-state index is 0.251. The Morgan fingerprint density at radius 3 is 2.00 bits per heavy atom. The average molecular weight is 557 g/mol. The summed E-state index contributed by atoms with van der Waals surface area (Å²) in [7, 11) is 1.27. The summed E-state index contributed by atoms with van der Waals surface area (Å²) in [4.78, 5) is 11.6. The summed E-state index contributed by atoms with van der Waals surface area (Å²) in [5.41, 5.74) is 0. The summed E-state index contributed by atoms with van der Waals surface area (Å²) in [5.74, 6) is -3.38. The van der Waals surface area contributed by atoms with Gasteiger partial charge in [-0.25, -0.2) is 4.79 Å². The summed E-state index contributed by atoms with van der Waals surface area (Å²) in [6.07, 6.45) is -20.4. The molecule has 0 radical (unpaired) electrons. The number of aliphatic hydroxyl groups is 6. The molecule has 4 rings (SSSR count). The van der Waals surface area contributed by atoms with Crippen LogP contribution >= 0.6 is 0 Å². The second-order valence-electron chi connectivity index (χ2n) is 9.98. The number of rotatable bonds is 6. The van der Waals surface area contributed by atoms with Crippen molar-refractivity contribution in [3.8, 4) is 0 Å². The van der Waals surface area contributed by atoms with Gasteiger partial charge in [0, 0.05) is 14.0 Å². The Bertz CT molecular complexity index is 831. The molecule has 16 nitrogen and oxygen atoms in total. The number of carbonyl (C=O) groups is 1. The first-order valence-electron chi connectivity index (χ1n) is 12.2. The van der Waals surface area contributed by atoms with Gasteiger partial charge in [-0.2, -0.15) is 0 Å². The molecule has 16 atom stereocenters. The highest BCUT2D eigenvalue weighted by atomic mass is 16.8. The minimum Gasteiger partial charge on any atom is -0.477 e. The smallest absolute Gasteiger partial charge is 0.364 e. The van der Waals surface area contributed by atoms with Crippen LogP contribution in [0.1, 0.15) is 20.8 Å². The zero-order valence-corrected chi connectivity index (χ0v) is 21.2. The molecule has 0 bridgehead atoms. The Hall–Kier alpha value is -1.09. The number of methoxy groups -OCH3 is 1. The number of fused-ring (bicyclic) bond motifs is 1. The summed E-state index contributed by atoms with van der Waals surface area (Å²) in [5, 5.41) is 72.6. The Morgan fingerprint density at radius 2 is 1.37 bits per heavy atom. The molecule has 7 N–H and O–H groups in total. The molecule has 4 aliphatic rings. The topological polar surface area (TPSA) is 233 Å². The van der Waals surface area contributed by atoms with E-state index in [0.29, 0.717) is 0 Å². The zero-order valence-electron chi connectivity index (χ0n) is 21.2. The monoisotopic (exact) mass is 556 g/mol. The molecule has 0 aromatic heterocycles. The van der Waals surface area contributed by atoms with E-state index in [1.165, 1.54) is 27.9 Å². The first kappa shape index (κ1) is 29.9. The lowest BCUT2D eigenvalue weighted by atomic mass is 9.95. The number of hydrogen-bond acceptors (Lipinski definition) is 15. The molecule has 0 spiro atoms. The van der Waals surface area contributed by atoms with Gasteiger partial charge in [0.25, 0.3) is 5.79 Å². The summed E-state index contributed by atoms with van der Waals surface area (Å²) in [6, 6.07) is 0. The van der Waals surface area contributed by atoms with E-state index in [4.69, 9.17) is 37.9 Å². The lowest BCUT2D eigenvalue weighted by Gasteiger charge is -2.50. The third-order valence-corrected chi connectivity index (χ3v) is 7.33. The van der Waals surface area contributed by atoms with E-state index in [0.717, 1.165) is 0 Å². The van der Waals surface area contributed by atoms with Gasteiger partial charge in [0.15, 0.2) is 18.9 Å². The first-order chi connectivity index (χ1) is 17.8. The summed E-state index contributed by atoms with van der Waals surface area (Å²) in [6.45, 7) is 3.85. The molecular weight excluding hydrogens is 520 g/mol. The van der Waals surface area contributed by atoms with Gasteiger partial charge in [0.2, 0.25) is 0 Å². The molecule has 4 heterocycles. The van der Waals surface area contributed by atoms with E-state index in [1.807, 2.05) is 0 Å². The molecular formula is C22H36O16. The maximum atomic E-state index is 11.6. The third kappa shape index (κ3) is 5.44. The molecule has 0 aromatic carbocycles. The Balaban J connectivity index is 1.48. The zero-order chi connectivity index (χ0) is 28.1. The van der Waals surface area contributed by atoms with Crippen LogP contribution in [0.15, 0.2) is 0 Å². The van der Waals surface area contributed by atoms with Crippen LogP contribution in [0.5, 0.6) is 0 Å². The normalized spacial score (nSPS) is 53.8. The molecule has 0 aliphatic carbocycles. The Morgan fingerprint density at radius 1 is 0.789 bits per heavy atom. The fraction of sp³-hybridized carbons (Fsp3) is 0.955. The number of aliphatic hydroxyl groups excluding tert-OH is 6. The van der Waals surface area contributed by atoms with E-state index >= 15 is 0 Å². The largest absolute Gasteiger partial charge is 0.477 e. The fourth-order valence-electron chi connectivity index (χ4n) is 4.95. The SMILES string of the molecule is CO[C@@H]1[C@@H](O)[C@H](O[C@@H]2[C@@H](O)[C@H](C)O[C@@H](O[C@@H]3[C@H](O)[C@H](O)[C@H](C)O[C@H]3O)[C@@H]2O)O[C@@H]2CO[C@@](C)(C(=O)O)O[C@@H]12. The Labute approximate surface area is 217 Å². The quantitative estimate of drug-likeness (QED) is 0.165. The van der Waals surface area contributed by atoms with Crippen molar-refractivity contribution in [3.63, 3.8) is 0 Å². The number of aliphatic carboxylic acids is 1. The maximum absolute atomic E-state index is 11.6. The molecule has 0 saturated carbocycles. The molecule has 0 unspecified atom stereocenters. The molecule has 0 aromatic rings. The van der Waals surface area contributed by atoms with Crippen molar-refractivity contribution in [2.24, 2.45) is 0 Å². The van der Waals surface area contributed by atoms with Gasteiger partial charge in [-0.15, -0.1) is 0 Å². The number of carboxylic acid groups (broad SMARTS) is 1.